The minimum atomic E-state index is -0.928. The Morgan fingerprint density at radius 1 is 1.40 bits per heavy atom. The topological polar surface area (TPSA) is 89.7 Å². The van der Waals surface area contributed by atoms with Crippen molar-refractivity contribution in [3.8, 4) is 5.75 Å². The molecule has 1 aromatic rings. The summed E-state index contributed by atoms with van der Waals surface area (Å²) in [5.74, 6) is -0.417. The van der Waals surface area contributed by atoms with Gasteiger partial charge in [0.2, 0.25) is 0 Å². The van der Waals surface area contributed by atoms with E-state index in [-0.39, 0.29) is 12.1 Å². The lowest BCUT2D eigenvalue weighted by Crippen LogP contribution is -2.32. The third-order valence-electron chi connectivity index (χ3n) is 3.81. The van der Waals surface area contributed by atoms with Crippen LogP contribution in [0.2, 0.25) is 0 Å². The van der Waals surface area contributed by atoms with Crippen molar-refractivity contribution in [2.24, 2.45) is 5.41 Å². The van der Waals surface area contributed by atoms with Crippen molar-refractivity contribution in [3.05, 3.63) is 33.9 Å². The van der Waals surface area contributed by atoms with E-state index in [1.807, 2.05) is 0 Å². The summed E-state index contributed by atoms with van der Waals surface area (Å²) in [5.41, 5.74) is -0.442. The van der Waals surface area contributed by atoms with Crippen LogP contribution in [0.3, 0.4) is 0 Å². The van der Waals surface area contributed by atoms with E-state index < -0.39 is 16.3 Å². The zero-order chi connectivity index (χ0) is 15.3. The molecule has 0 saturated heterocycles. The van der Waals surface area contributed by atoms with E-state index >= 15 is 0 Å². The van der Waals surface area contributed by atoms with Crippen LogP contribution < -0.4 is 4.74 Å². The highest BCUT2D eigenvalue weighted by molar-refractivity contribution is 5.75. The predicted octanol–water partition coefficient (Wildman–Crippen LogP) is 3.04. The molecule has 1 rings (SSSR count). The van der Waals surface area contributed by atoms with E-state index in [4.69, 9.17) is 4.74 Å². The molecule has 0 bridgehead atoms. The summed E-state index contributed by atoms with van der Waals surface area (Å²) in [6, 6.07) is 4.25. The smallest absolute Gasteiger partial charge is 0.309 e. The van der Waals surface area contributed by atoms with E-state index in [0.717, 1.165) is 0 Å². The normalized spacial score (nSPS) is 11.2. The van der Waals surface area contributed by atoms with Gasteiger partial charge in [-0.2, -0.15) is 0 Å². The van der Waals surface area contributed by atoms with Crippen LogP contribution in [0.4, 0.5) is 5.69 Å². The summed E-state index contributed by atoms with van der Waals surface area (Å²) >= 11 is 0. The van der Waals surface area contributed by atoms with E-state index in [1.54, 1.807) is 13.8 Å². The SMILES string of the molecule is CCC(CC)(Cc1cc([N+](=O)[O-])ccc1OC)C(=O)O. The molecule has 6 nitrogen and oxygen atoms in total. The largest absolute Gasteiger partial charge is 0.496 e. The van der Waals surface area contributed by atoms with Crippen LogP contribution >= 0.6 is 0 Å². The predicted molar refractivity (Wildman–Crippen MR) is 74.0 cm³/mol. The van der Waals surface area contributed by atoms with E-state index in [1.165, 1.54) is 25.3 Å². The van der Waals surface area contributed by atoms with Crippen molar-refractivity contribution in [2.75, 3.05) is 7.11 Å². The van der Waals surface area contributed by atoms with Crippen LogP contribution in [0, 0.1) is 15.5 Å². The van der Waals surface area contributed by atoms with Gasteiger partial charge in [-0.1, -0.05) is 13.8 Å². The second-order valence-corrected chi connectivity index (χ2v) is 4.72. The van der Waals surface area contributed by atoms with Gasteiger partial charge in [-0.05, 0) is 25.3 Å². The number of methoxy groups -OCH3 is 1. The standard InChI is InChI=1S/C14H19NO5/c1-4-14(5-2,13(16)17)9-10-8-11(15(18)19)6-7-12(10)20-3/h6-8H,4-5,9H2,1-3H3,(H,16,17). The number of carbonyl (C=O) groups is 1. The Balaban J connectivity index is 3.26. The fourth-order valence-corrected chi connectivity index (χ4v) is 2.26. The maximum absolute atomic E-state index is 11.5. The minimum absolute atomic E-state index is 0.0627. The Morgan fingerprint density at radius 2 is 2.00 bits per heavy atom. The Bertz CT molecular complexity index is 508. The molecule has 0 fully saturated rings. The molecule has 1 N–H and O–H groups in total. The number of nitro benzene ring substituents is 1. The minimum Gasteiger partial charge on any atom is -0.496 e. The van der Waals surface area contributed by atoms with Crippen LogP contribution in [-0.2, 0) is 11.2 Å². The molecule has 1 aromatic carbocycles. The summed E-state index contributed by atoms with van der Waals surface area (Å²) in [6.07, 6.45) is 1.11. The number of aliphatic carboxylic acids is 1. The molecule has 0 heterocycles. The lowest BCUT2D eigenvalue weighted by molar-refractivity contribution is -0.384. The number of carboxylic acids is 1. The summed E-state index contributed by atoms with van der Waals surface area (Å²) in [7, 11) is 1.46. The molecule has 0 atom stereocenters. The number of hydrogen-bond acceptors (Lipinski definition) is 4. The average Bonchev–Trinajstić information content (AvgIpc) is 2.44. The highest BCUT2D eigenvalue weighted by Crippen LogP contribution is 2.35. The van der Waals surface area contributed by atoms with E-state index in [2.05, 4.69) is 0 Å². The van der Waals surface area contributed by atoms with Gasteiger partial charge in [0.1, 0.15) is 5.75 Å². The Kier molecular flexibility index (Phi) is 5.07. The van der Waals surface area contributed by atoms with Gasteiger partial charge in [0, 0.05) is 17.7 Å². The van der Waals surface area contributed by atoms with Gasteiger partial charge in [-0.25, -0.2) is 0 Å². The van der Waals surface area contributed by atoms with Crippen molar-refractivity contribution in [1.29, 1.82) is 0 Å². The van der Waals surface area contributed by atoms with Crippen LogP contribution in [0.1, 0.15) is 32.3 Å². The molecule has 0 aliphatic carbocycles. The molecule has 110 valence electrons. The Hall–Kier alpha value is -2.11. The average molecular weight is 281 g/mol. The Labute approximate surface area is 117 Å². The van der Waals surface area contributed by atoms with Gasteiger partial charge >= 0.3 is 5.97 Å². The zero-order valence-corrected chi connectivity index (χ0v) is 11.9. The number of hydrogen-bond donors (Lipinski definition) is 1. The molecular weight excluding hydrogens is 262 g/mol. The lowest BCUT2D eigenvalue weighted by atomic mass is 9.77. The first-order chi connectivity index (χ1) is 9.40. The first-order valence-electron chi connectivity index (χ1n) is 6.45. The van der Waals surface area contributed by atoms with Gasteiger partial charge < -0.3 is 9.84 Å². The number of nitro groups is 1. The summed E-state index contributed by atoms with van der Waals surface area (Å²) in [5, 5.41) is 20.3. The van der Waals surface area contributed by atoms with Crippen LogP contribution in [0.5, 0.6) is 5.75 Å². The van der Waals surface area contributed by atoms with Gasteiger partial charge in [0.15, 0.2) is 0 Å². The molecule has 20 heavy (non-hydrogen) atoms. The van der Waals surface area contributed by atoms with Gasteiger partial charge in [0.25, 0.3) is 5.69 Å². The second-order valence-electron chi connectivity index (χ2n) is 4.72. The summed E-state index contributed by atoms with van der Waals surface area (Å²) in [6.45, 7) is 3.61. The highest BCUT2D eigenvalue weighted by Gasteiger charge is 2.36. The van der Waals surface area contributed by atoms with Crippen molar-refractivity contribution in [2.45, 2.75) is 33.1 Å². The monoisotopic (exact) mass is 281 g/mol. The fraction of sp³-hybridized carbons (Fsp3) is 0.500. The fourth-order valence-electron chi connectivity index (χ4n) is 2.26. The zero-order valence-electron chi connectivity index (χ0n) is 11.9. The van der Waals surface area contributed by atoms with Crippen LogP contribution in [0.15, 0.2) is 18.2 Å². The first kappa shape index (κ1) is 15.9. The van der Waals surface area contributed by atoms with E-state index in [9.17, 15) is 20.0 Å². The molecule has 0 saturated carbocycles. The molecule has 0 radical (unpaired) electrons. The number of rotatable bonds is 7. The molecule has 0 aliphatic heterocycles. The molecule has 6 heteroatoms. The van der Waals surface area contributed by atoms with Crippen molar-refractivity contribution in [1.82, 2.24) is 0 Å². The first-order valence-corrected chi connectivity index (χ1v) is 6.45. The maximum Gasteiger partial charge on any atom is 0.309 e. The van der Waals surface area contributed by atoms with Crippen LogP contribution in [-0.4, -0.2) is 23.1 Å². The number of ether oxygens (including phenoxy) is 1. The summed E-state index contributed by atoms with van der Waals surface area (Å²) in [4.78, 5) is 21.9. The van der Waals surface area contributed by atoms with E-state index in [0.29, 0.717) is 24.2 Å². The third kappa shape index (κ3) is 3.07. The van der Waals surface area contributed by atoms with Crippen molar-refractivity contribution in [3.63, 3.8) is 0 Å². The van der Waals surface area contributed by atoms with Crippen LogP contribution in [0.25, 0.3) is 0 Å². The highest BCUT2D eigenvalue weighted by atomic mass is 16.6. The molecule has 0 aliphatic rings. The van der Waals surface area contributed by atoms with Crippen molar-refractivity contribution < 1.29 is 19.6 Å². The quantitative estimate of drug-likeness (QED) is 0.612. The molecule has 0 amide bonds. The molecule has 0 unspecified atom stereocenters. The van der Waals surface area contributed by atoms with Gasteiger partial charge in [-0.15, -0.1) is 0 Å². The molecule has 0 spiro atoms. The Morgan fingerprint density at radius 3 is 2.40 bits per heavy atom. The number of non-ortho nitro benzene ring substituents is 1. The molecular formula is C14H19NO5. The van der Waals surface area contributed by atoms with Gasteiger partial charge in [-0.3, -0.25) is 14.9 Å². The molecule has 0 aromatic heterocycles. The van der Waals surface area contributed by atoms with Crippen molar-refractivity contribution >= 4 is 11.7 Å². The lowest BCUT2D eigenvalue weighted by Gasteiger charge is -2.27. The maximum atomic E-state index is 11.5. The number of nitrogens with zero attached hydrogens (tertiary/aromatic N) is 1. The number of carboxylic acid groups (broad SMARTS) is 1. The third-order valence-corrected chi connectivity index (χ3v) is 3.81. The second kappa shape index (κ2) is 6.36. The number of benzene rings is 1. The van der Waals surface area contributed by atoms with Gasteiger partial charge in [0.05, 0.1) is 17.4 Å². The summed E-state index contributed by atoms with van der Waals surface area (Å²) < 4.78 is 5.18.